The van der Waals surface area contributed by atoms with Crippen molar-refractivity contribution in [3.05, 3.63) is 59.7 Å². The highest BCUT2D eigenvalue weighted by atomic mass is 32.2. The fourth-order valence-corrected chi connectivity index (χ4v) is 5.79. The summed E-state index contributed by atoms with van der Waals surface area (Å²) < 4.78 is 12.0. The molecule has 1 heterocycles. The first-order valence-corrected chi connectivity index (χ1v) is 12.4. The van der Waals surface area contributed by atoms with Crippen molar-refractivity contribution >= 4 is 40.8 Å². The Hall–Kier alpha value is -2.23. The molecule has 0 spiro atoms. The van der Waals surface area contributed by atoms with Gasteiger partial charge in [-0.25, -0.2) is 0 Å². The number of aromatic nitrogens is 2. The number of thioether (sulfide) groups is 2. The van der Waals surface area contributed by atoms with Crippen molar-refractivity contribution < 1.29 is 14.3 Å². The molecule has 6 nitrogen and oxygen atoms in total. The zero-order valence-electron chi connectivity index (χ0n) is 17.7. The van der Waals surface area contributed by atoms with Gasteiger partial charge in [0.15, 0.2) is 8.68 Å². The van der Waals surface area contributed by atoms with Gasteiger partial charge in [-0.05, 0) is 48.7 Å². The Balaban J connectivity index is 1.40. The Morgan fingerprint density at radius 2 is 1.55 bits per heavy atom. The second kappa shape index (κ2) is 12.0. The second-order valence-corrected chi connectivity index (χ2v) is 10.4. The molecule has 1 aromatic heterocycles. The van der Waals surface area contributed by atoms with Gasteiger partial charge >= 0.3 is 0 Å². The van der Waals surface area contributed by atoms with Crippen molar-refractivity contribution in [2.45, 2.75) is 33.0 Å². The van der Waals surface area contributed by atoms with Crippen molar-refractivity contribution in [1.29, 1.82) is 0 Å². The first kappa shape index (κ1) is 23.4. The second-order valence-electron chi connectivity index (χ2n) is 6.62. The first-order chi connectivity index (χ1) is 15.1. The van der Waals surface area contributed by atoms with Gasteiger partial charge in [-0.1, -0.05) is 59.1 Å². The number of nitrogens with zero attached hydrogens (tertiary/aromatic N) is 2. The Morgan fingerprint density at radius 1 is 0.968 bits per heavy atom. The summed E-state index contributed by atoms with van der Waals surface area (Å²) in [6.07, 6.45) is 0.776. The molecule has 1 N–H and O–H groups in total. The number of methoxy groups -OCH3 is 2. The van der Waals surface area contributed by atoms with Crippen LogP contribution in [0.2, 0.25) is 0 Å². The van der Waals surface area contributed by atoms with Gasteiger partial charge in [-0.3, -0.25) is 4.79 Å². The van der Waals surface area contributed by atoms with E-state index in [1.54, 1.807) is 26.0 Å². The third-order valence-corrected chi connectivity index (χ3v) is 7.74. The maximum Gasteiger partial charge on any atom is 0.233 e. The molecular weight excluding hydrogens is 450 g/mol. The maximum absolute atomic E-state index is 12.4. The molecular formula is C22H25N3O3S3. The summed E-state index contributed by atoms with van der Waals surface area (Å²) >= 11 is 4.59. The van der Waals surface area contributed by atoms with E-state index in [2.05, 4.69) is 15.5 Å². The molecule has 0 saturated heterocycles. The van der Waals surface area contributed by atoms with Crippen LogP contribution in [-0.2, 0) is 17.0 Å². The van der Waals surface area contributed by atoms with Gasteiger partial charge in [-0.2, -0.15) is 0 Å². The van der Waals surface area contributed by atoms with E-state index in [0.29, 0.717) is 6.54 Å². The molecule has 0 bridgehead atoms. The van der Waals surface area contributed by atoms with Crippen LogP contribution in [0.25, 0.3) is 0 Å². The van der Waals surface area contributed by atoms with Gasteiger partial charge < -0.3 is 14.8 Å². The normalized spacial score (nSPS) is 11.7. The molecule has 31 heavy (non-hydrogen) atoms. The summed E-state index contributed by atoms with van der Waals surface area (Å²) in [7, 11) is 3.31. The number of nitrogens with one attached hydrogen (secondary N) is 1. The van der Waals surface area contributed by atoms with E-state index in [9.17, 15) is 4.79 Å². The number of hydrogen-bond acceptors (Lipinski definition) is 8. The molecule has 0 aliphatic carbocycles. The molecule has 9 heteroatoms. The molecule has 0 saturated carbocycles. The van der Waals surface area contributed by atoms with Crippen LogP contribution < -0.4 is 14.8 Å². The number of carbonyl (C=O) groups is 1. The number of ether oxygens (including phenoxy) is 2. The third-order valence-electron chi connectivity index (χ3n) is 4.43. The molecule has 164 valence electrons. The topological polar surface area (TPSA) is 73.3 Å². The molecule has 2 aromatic carbocycles. The number of amides is 1. The molecule has 3 aromatic rings. The minimum Gasteiger partial charge on any atom is -0.497 e. The minimum absolute atomic E-state index is 0.00106. The summed E-state index contributed by atoms with van der Waals surface area (Å²) in [5.74, 6) is 2.49. The van der Waals surface area contributed by atoms with E-state index in [1.165, 1.54) is 28.7 Å². The lowest BCUT2D eigenvalue weighted by Crippen LogP contribution is -2.32. The minimum atomic E-state index is -0.233. The summed E-state index contributed by atoms with van der Waals surface area (Å²) in [5.41, 5.74) is 2.35. The lowest BCUT2D eigenvalue weighted by molar-refractivity contribution is -0.120. The van der Waals surface area contributed by atoms with Crippen LogP contribution in [0, 0.1) is 0 Å². The van der Waals surface area contributed by atoms with E-state index < -0.39 is 0 Å². The van der Waals surface area contributed by atoms with E-state index in [4.69, 9.17) is 9.47 Å². The van der Waals surface area contributed by atoms with E-state index in [1.807, 2.05) is 55.5 Å². The van der Waals surface area contributed by atoms with Gasteiger partial charge in [0.1, 0.15) is 11.5 Å². The van der Waals surface area contributed by atoms with Gasteiger partial charge in [0, 0.05) is 12.3 Å². The van der Waals surface area contributed by atoms with E-state index in [0.717, 1.165) is 37.9 Å². The zero-order valence-corrected chi connectivity index (χ0v) is 20.1. The van der Waals surface area contributed by atoms with Crippen LogP contribution in [0.1, 0.15) is 18.1 Å². The summed E-state index contributed by atoms with van der Waals surface area (Å²) in [4.78, 5) is 12.4. The molecule has 0 fully saturated rings. The highest BCUT2D eigenvalue weighted by molar-refractivity contribution is 8.03. The standard InChI is InChI=1S/C22H25N3O3S3/c1-15(20(26)23-13-12-16-4-8-18(27-2)9-5-16)30-22-25-24-21(31-22)29-14-17-6-10-19(28-3)11-7-17/h4-11,15H,12-14H2,1-3H3,(H,23,26). The van der Waals surface area contributed by atoms with Gasteiger partial charge in [0.05, 0.1) is 19.5 Å². The average Bonchev–Trinajstić information content (AvgIpc) is 3.25. The Bertz CT molecular complexity index is 962. The van der Waals surface area contributed by atoms with Crippen molar-refractivity contribution in [2.24, 2.45) is 0 Å². The zero-order chi connectivity index (χ0) is 22.1. The molecule has 1 amide bonds. The van der Waals surface area contributed by atoms with E-state index in [-0.39, 0.29) is 11.2 Å². The number of rotatable bonds is 11. The van der Waals surface area contributed by atoms with Crippen LogP contribution in [0.15, 0.2) is 57.2 Å². The van der Waals surface area contributed by atoms with Crippen molar-refractivity contribution in [1.82, 2.24) is 15.5 Å². The smallest absolute Gasteiger partial charge is 0.233 e. The van der Waals surface area contributed by atoms with Crippen LogP contribution in [0.3, 0.4) is 0 Å². The number of benzene rings is 2. The van der Waals surface area contributed by atoms with E-state index >= 15 is 0 Å². The van der Waals surface area contributed by atoms with Crippen molar-refractivity contribution in [2.75, 3.05) is 20.8 Å². The summed E-state index contributed by atoms with van der Waals surface area (Å²) in [5, 5.41) is 11.2. The predicted molar refractivity (Wildman–Crippen MR) is 127 cm³/mol. The molecule has 1 unspecified atom stereocenters. The lowest BCUT2D eigenvalue weighted by Gasteiger charge is -2.10. The van der Waals surface area contributed by atoms with Crippen molar-refractivity contribution in [3.8, 4) is 11.5 Å². The van der Waals surface area contributed by atoms with Crippen LogP contribution in [0.5, 0.6) is 11.5 Å². The summed E-state index contributed by atoms with van der Waals surface area (Å²) in [6, 6.07) is 15.9. The number of carbonyl (C=O) groups excluding carboxylic acids is 1. The highest BCUT2D eigenvalue weighted by Gasteiger charge is 2.17. The third kappa shape index (κ3) is 7.45. The lowest BCUT2D eigenvalue weighted by atomic mass is 10.1. The molecule has 0 aliphatic rings. The average molecular weight is 476 g/mol. The molecule has 0 aliphatic heterocycles. The Morgan fingerprint density at radius 3 is 2.16 bits per heavy atom. The number of hydrogen-bond donors (Lipinski definition) is 1. The van der Waals surface area contributed by atoms with Crippen LogP contribution in [-0.4, -0.2) is 42.1 Å². The van der Waals surface area contributed by atoms with Gasteiger partial charge in [0.2, 0.25) is 5.91 Å². The SMILES string of the molecule is COc1ccc(CCNC(=O)C(C)Sc2nnc(SCc3ccc(OC)cc3)s2)cc1. The Labute approximate surface area is 195 Å². The Kier molecular flexibility index (Phi) is 9.05. The fraction of sp³-hybridized carbons (Fsp3) is 0.318. The van der Waals surface area contributed by atoms with Gasteiger partial charge in [0.25, 0.3) is 0 Å². The first-order valence-electron chi connectivity index (χ1n) is 9.74. The van der Waals surface area contributed by atoms with Gasteiger partial charge in [-0.15, -0.1) is 10.2 Å². The largest absolute Gasteiger partial charge is 0.497 e. The highest BCUT2D eigenvalue weighted by Crippen LogP contribution is 2.32. The monoisotopic (exact) mass is 475 g/mol. The fourth-order valence-electron chi connectivity index (χ4n) is 2.64. The maximum atomic E-state index is 12.4. The molecule has 1 atom stereocenters. The molecule has 0 radical (unpaired) electrons. The predicted octanol–water partition coefficient (Wildman–Crippen LogP) is 4.69. The van der Waals surface area contributed by atoms with Crippen LogP contribution in [0.4, 0.5) is 0 Å². The molecule has 3 rings (SSSR count). The van der Waals surface area contributed by atoms with Crippen molar-refractivity contribution in [3.63, 3.8) is 0 Å². The quantitative estimate of drug-likeness (QED) is 0.403. The summed E-state index contributed by atoms with van der Waals surface area (Å²) in [6.45, 7) is 2.48. The van der Waals surface area contributed by atoms with Crippen LogP contribution >= 0.6 is 34.9 Å².